The maximum absolute atomic E-state index is 6.16. The first-order chi connectivity index (χ1) is 8.75. The summed E-state index contributed by atoms with van der Waals surface area (Å²) < 4.78 is 5.76. The van der Waals surface area contributed by atoms with Crippen LogP contribution in [0.1, 0.15) is 24.8 Å². The number of ether oxygens (including phenoxy) is 1. The van der Waals surface area contributed by atoms with Crippen LogP contribution in [0.2, 0.25) is 5.02 Å². The molecule has 0 N–H and O–H groups in total. The van der Waals surface area contributed by atoms with Crippen LogP contribution in [0.3, 0.4) is 0 Å². The number of hydrogen-bond donors (Lipinski definition) is 0. The fourth-order valence-electron chi connectivity index (χ4n) is 2.40. The van der Waals surface area contributed by atoms with E-state index in [9.17, 15) is 0 Å². The summed E-state index contributed by atoms with van der Waals surface area (Å²) in [6, 6.07) is 8.09. The SMILES string of the molecule is CN(CCc1ccccc1Cl)CC1CCCCO1. The van der Waals surface area contributed by atoms with Gasteiger partial charge in [0.25, 0.3) is 0 Å². The second kappa shape index (κ2) is 7.13. The number of benzene rings is 1. The number of likely N-dealkylation sites (N-methyl/N-ethyl adjacent to an activating group) is 1. The van der Waals surface area contributed by atoms with Gasteiger partial charge in [0.05, 0.1) is 6.10 Å². The third-order valence-corrected chi connectivity index (χ3v) is 3.88. The van der Waals surface area contributed by atoms with E-state index in [1.54, 1.807) is 0 Å². The molecule has 1 heterocycles. The van der Waals surface area contributed by atoms with E-state index in [0.717, 1.165) is 31.1 Å². The van der Waals surface area contributed by atoms with Crippen LogP contribution in [0.25, 0.3) is 0 Å². The van der Waals surface area contributed by atoms with Crippen molar-refractivity contribution < 1.29 is 4.74 Å². The third-order valence-electron chi connectivity index (χ3n) is 3.51. The molecule has 0 bridgehead atoms. The normalized spacial score (nSPS) is 20.3. The molecule has 1 atom stereocenters. The lowest BCUT2D eigenvalue weighted by Gasteiger charge is -2.27. The van der Waals surface area contributed by atoms with Crippen molar-refractivity contribution in [3.63, 3.8) is 0 Å². The largest absolute Gasteiger partial charge is 0.377 e. The molecule has 1 fully saturated rings. The molecule has 0 radical (unpaired) electrons. The Hall–Kier alpha value is -0.570. The van der Waals surface area contributed by atoms with Crippen LogP contribution in [0.15, 0.2) is 24.3 Å². The average molecular weight is 268 g/mol. The molecule has 1 aliphatic heterocycles. The van der Waals surface area contributed by atoms with E-state index in [-0.39, 0.29) is 0 Å². The maximum atomic E-state index is 6.16. The molecule has 0 spiro atoms. The zero-order chi connectivity index (χ0) is 12.8. The summed E-state index contributed by atoms with van der Waals surface area (Å²) in [5.74, 6) is 0. The molecule has 0 amide bonds. The van der Waals surface area contributed by atoms with Crippen LogP contribution < -0.4 is 0 Å². The number of hydrogen-bond acceptors (Lipinski definition) is 2. The van der Waals surface area contributed by atoms with Crippen LogP contribution >= 0.6 is 11.6 Å². The lowest BCUT2D eigenvalue weighted by Crippen LogP contribution is -2.34. The Labute approximate surface area is 115 Å². The Morgan fingerprint density at radius 3 is 2.89 bits per heavy atom. The van der Waals surface area contributed by atoms with E-state index in [4.69, 9.17) is 16.3 Å². The standard InChI is InChI=1S/C15H22ClNO/c1-17(12-14-7-4-5-11-18-14)10-9-13-6-2-3-8-15(13)16/h2-3,6,8,14H,4-5,7,9-12H2,1H3. The summed E-state index contributed by atoms with van der Waals surface area (Å²) in [6.07, 6.45) is 5.16. The zero-order valence-corrected chi connectivity index (χ0v) is 11.8. The monoisotopic (exact) mass is 267 g/mol. The molecule has 3 heteroatoms. The highest BCUT2D eigenvalue weighted by molar-refractivity contribution is 6.31. The molecule has 2 nitrogen and oxygen atoms in total. The molecule has 1 aromatic rings. The molecule has 1 aromatic carbocycles. The van der Waals surface area contributed by atoms with Crippen LogP contribution in [0.5, 0.6) is 0 Å². The number of nitrogens with zero attached hydrogens (tertiary/aromatic N) is 1. The van der Waals surface area contributed by atoms with Crippen molar-refractivity contribution in [1.29, 1.82) is 0 Å². The Morgan fingerprint density at radius 2 is 2.17 bits per heavy atom. The topological polar surface area (TPSA) is 12.5 Å². The fourth-order valence-corrected chi connectivity index (χ4v) is 2.63. The highest BCUT2D eigenvalue weighted by Gasteiger charge is 2.15. The molecule has 18 heavy (non-hydrogen) atoms. The van der Waals surface area contributed by atoms with Crippen molar-refractivity contribution in [1.82, 2.24) is 4.90 Å². The summed E-state index contributed by atoms with van der Waals surface area (Å²) in [5, 5.41) is 0.875. The predicted octanol–water partition coefficient (Wildman–Crippen LogP) is 3.38. The molecule has 1 unspecified atom stereocenters. The molecule has 2 rings (SSSR count). The van der Waals surface area contributed by atoms with Crippen LogP contribution in [0.4, 0.5) is 0 Å². The Bertz CT molecular complexity index is 363. The van der Waals surface area contributed by atoms with Crippen LogP contribution in [-0.2, 0) is 11.2 Å². The van der Waals surface area contributed by atoms with E-state index < -0.39 is 0 Å². The molecular formula is C15H22ClNO. The second-order valence-corrected chi connectivity index (χ2v) is 5.50. The Balaban J connectivity index is 1.74. The van der Waals surface area contributed by atoms with Gasteiger partial charge in [0.2, 0.25) is 0 Å². The van der Waals surface area contributed by atoms with Gasteiger partial charge >= 0.3 is 0 Å². The predicted molar refractivity (Wildman–Crippen MR) is 76.2 cm³/mol. The summed E-state index contributed by atoms with van der Waals surface area (Å²) in [7, 11) is 2.16. The van der Waals surface area contributed by atoms with Crippen molar-refractivity contribution in [2.24, 2.45) is 0 Å². The zero-order valence-electron chi connectivity index (χ0n) is 11.1. The van der Waals surface area contributed by atoms with E-state index in [1.807, 2.05) is 18.2 Å². The van der Waals surface area contributed by atoms with Gasteiger partial charge in [0.15, 0.2) is 0 Å². The van der Waals surface area contributed by atoms with Gasteiger partial charge in [0, 0.05) is 24.7 Å². The van der Waals surface area contributed by atoms with Gasteiger partial charge in [-0.05, 0) is 44.4 Å². The molecule has 0 saturated carbocycles. The quantitative estimate of drug-likeness (QED) is 0.811. The number of rotatable bonds is 5. The molecule has 0 aliphatic carbocycles. The van der Waals surface area contributed by atoms with Crippen molar-refractivity contribution in [2.45, 2.75) is 31.8 Å². The van der Waals surface area contributed by atoms with Crippen molar-refractivity contribution in [2.75, 3.05) is 26.7 Å². The highest BCUT2D eigenvalue weighted by Crippen LogP contribution is 2.16. The summed E-state index contributed by atoms with van der Waals surface area (Å²) >= 11 is 6.16. The molecular weight excluding hydrogens is 246 g/mol. The Morgan fingerprint density at radius 1 is 1.33 bits per heavy atom. The van der Waals surface area contributed by atoms with Gasteiger partial charge < -0.3 is 9.64 Å². The summed E-state index contributed by atoms with van der Waals surface area (Å²) in [6.45, 7) is 3.00. The molecule has 0 aromatic heterocycles. The lowest BCUT2D eigenvalue weighted by atomic mass is 10.1. The van der Waals surface area contributed by atoms with Gasteiger partial charge in [-0.15, -0.1) is 0 Å². The van der Waals surface area contributed by atoms with Gasteiger partial charge in [-0.2, -0.15) is 0 Å². The minimum Gasteiger partial charge on any atom is -0.377 e. The molecule has 1 saturated heterocycles. The smallest absolute Gasteiger partial charge is 0.0701 e. The Kier molecular flexibility index (Phi) is 5.48. The third kappa shape index (κ3) is 4.27. The second-order valence-electron chi connectivity index (χ2n) is 5.09. The average Bonchev–Trinajstić information content (AvgIpc) is 2.39. The van der Waals surface area contributed by atoms with E-state index in [1.165, 1.54) is 24.8 Å². The number of halogens is 1. The van der Waals surface area contributed by atoms with Gasteiger partial charge in [-0.1, -0.05) is 29.8 Å². The lowest BCUT2D eigenvalue weighted by molar-refractivity contribution is -0.00124. The van der Waals surface area contributed by atoms with Gasteiger partial charge in [-0.25, -0.2) is 0 Å². The minimum absolute atomic E-state index is 0.426. The minimum atomic E-state index is 0.426. The summed E-state index contributed by atoms with van der Waals surface area (Å²) in [4.78, 5) is 2.35. The maximum Gasteiger partial charge on any atom is 0.0701 e. The fraction of sp³-hybridized carbons (Fsp3) is 0.600. The molecule has 100 valence electrons. The summed E-state index contributed by atoms with van der Waals surface area (Å²) in [5.41, 5.74) is 1.23. The van der Waals surface area contributed by atoms with Crippen LogP contribution in [-0.4, -0.2) is 37.7 Å². The van der Waals surface area contributed by atoms with Crippen molar-refractivity contribution in [3.8, 4) is 0 Å². The van der Waals surface area contributed by atoms with Gasteiger partial charge in [-0.3, -0.25) is 0 Å². The first kappa shape index (κ1) is 13.9. The van der Waals surface area contributed by atoms with E-state index >= 15 is 0 Å². The molecule has 1 aliphatic rings. The van der Waals surface area contributed by atoms with Crippen LogP contribution in [0, 0.1) is 0 Å². The highest BCUT2D eigenvalue weighted by atomic mass is 35.5. The van der Waals surface area contributed by atoms with Crippen molar-refractivity contribution in [3.05, 3.63) is 34.9 Å². The first-order valence-electron chi connectivity index (χ1n) is 6.79. The van der Waals surface area contributed by atoms with Crippen molar-refractivity contribution >= 4 is 11.6 Å². The first-order valence-corrected chi connectivity index (χ1v) is 7.17. The van der Waals surface area contributed by atoms with E-state index in [0.29, 0.717) is 6.10 Å². The van der Waals surface area contributed by atoms with Gasteiger partial charge in [0.1, 0.15) is 0 Å². The van der Waals surface area contributed by atoms with E-state index in [2.05, 4.69) is 18.0 Å².